The minimum absolute atomic E-state index is 0.189. The summed E-state index contributed by atoms with van der Waals surface area (Å²) >= 11 is 0. The number of piperidine rings is 2. The molecule has 0 radical (unpaired) electrons. The number of fused-ring (bicyclic) bond motifs is 1. The molecule has 1 atom stereocenters. The quantitative estimate of drug-likeness (QED) is 0.775. The summed E-state index contributed by atoms with van der Waals surface area (Å²) in [7, 11) is 4.10. The van der Waals surface area contributed by atoms with E-state index in [4.69, 9.17) is 0 Å². The summed E-state index contributed by atoms with van der Waals surface area (Å²) in [4.78, 5) is 26.0. The highest BCUT2D eigenvalue weighted by atomic mass is 16.2. The molecule has 2 amide bonds. The molecule has 29 heavy (non-hydrogen) atoms. The summed E-state index contributed by atoms with van der Waals surface area (Å²) in [5, 5.41) is 8.08. The van der Waals surface area contributed by atoms with Gasteiger partial charge in [0.05, 0.1) is 17.1 Å². The van der Waals surface area contributed by atoms with Crippen molar-refractivity contribution >= 4 is 22.7 Å². The lowest BCUT2D eigenvalue weighted by Crippen LogP contribution is -2.39. The third-order valence-corrected chi connectivity index (χ3v) is 5.66. The van der Waals surface area contributed by atoms with Crippen LogP contribution < -0.4 is 5.32 Å². The largest absolute Gasteiger partial charge is 0.306 e. The number of carbonyl (C=O) groups is 2. The fourth-order valence-electron chi connectivity index (χ4n) is 4.11. The first kappa shape index (κ1) is 23.1. The van der Waals surface area contributed by atoms with E-state index < -0.39 is 0 Å². The normalized spacial score (nSPS) is 20.4. The number of hydrogen-bond donors (Lipinski definition) is 1. The van der Waals surface area contributed by atoms with Crippen LogP contribution in [-0.4, -0.2) is 46.6 Å². The molecular weight excluding hydrogens is 364 g/mol. The van der Waals surface area contributed by atoms with Gasteiger partial charge in [0.15, 0.2) is 0 Å². The Kier molecular flexibility index (Phi) is 8.38. The monoisotopic (exact) mass is 400 g/mol. The first-order valence-electron chi connectivity index (χ1n) is 11.0. The highest BCUT2D eigenvalue weighted by molar-refractivity contribution is 6.02. The summed E-state index contributed by atoms with van der Waals surface area (Å²) < 4.78 is 1.87. The Balaban J connectivity index is 0.000000707. The lowest BCUT2D eigenvalue weighted by Gasteiger charge is -2.29. The molecule has 2 aliphatic rings. The van der Waals surface area contributed by atoms with Crippen LogP contribution in [0.3, 0.4) is 0 Å². The second-order valence-electron chi connectivity index (χ2n) is 7.37. The third kappa shape index (κ3) is 5.04. The van der Waals surface area contributed by atoms with Crippen LogP contribution in [0.1, 0.15) is 76.5 Å². The highest BCUT2D eigenvalue weighted by Gasteiger charge is 2.31. The van der Waals surface area contributed by atoms with Crippen LogP contribution in [-0.2, 0) is 16.6 Å². The van der Waals surface area contributed by atoms with E-state index in [1.54, 1.807) is 0 Å². The second kappa shape index (κ2) is 10.5. The molecule has 1 aromatic heterocycles. The Morgan fingerprint density at radius 2 is 1.66 bits per heavy atom. The zero-order valence-corrected chi connectivity index (χ0v) is 18.8. The van der Waals surface area contributed by atoms with Crippen molar-refractivity contribution in [3.8, 4) is 0 Å². The van der Waals surface area contributed by atoms with Crippen LogP contribution in [0.4, 0.5) is 0 Å². The van der Waals surface area contributed by atoms with Crippen molar-refractivity contribution in [3.63, 3.8) is 0 Å². The maximum Gasteiger partial charge on any atom is 0.235 e. The van der Waals surface area contributed by atoms with Crippen molar-refractivity contribution in [2.75, 3.05) is 20.1 Å². The number of aryl methyl sites for hydroxylation is 1. The lowest BCUT2D eigenvalue weighted by molar-refractivity contribution is -0.134. The van der Waals surface area contributed by atoms with E-state index in [2.05, 4.69) is 40.6 Å². The van der Waals surface area contributed by atoms with Gasteiger partial charge < -0.3 is 4.90 Å². The van der Waals surface area contributed by atoms with Gasteiger partial charge in [-0.1, -0.05) is 39.8 Å². The van der Waals surface area contributed by atoms with Crippen molar-refractivity contribution in [1.82, 2.24) is 20.0 Å². The van der Waals surface area contributed by atoms with Gasteiger partial charge in [-0.3, -0.25) is 19.6 Å². The molecule has 2 aromatic rings. The predicted octanol–water partition coefficient (Wildman–Crippen LogP) is 3.96. The highest BCUT2D eigenvalue weighted by Crippen LogP contribution is 2.34. The van der Waals surface area contributed by atoms with Crippen LogP contribution >= 0.6 is 0 Å². The van der Waals surface area contributed by atoms with Crippen LogP contribution in [0, 0.1) is 0 Å². The fraction of sp³-hybridized carbons (Fsp3) is 0.609. The van der Waals surface area contributed by atoms with E-state index in [1.807, 2.05) is 39.4 Å². The van der Waals surface area contributed by atoms with E-state index in [0.29, 0.717) is 18.8 Å². The van der Waals surface area contributed by atoms with Gasteiger partial charge in [0, 0.05) is 18.9 Å². The molecule has 0 bridgehead atoms. The van der Waals surface area contributed by atoms with Gasteiger partial charge in [0.1, 0.15) is 0 Å². The maximum absolute atomic E-state index is 12.2. The Hall–Kier alpha value is -2.21. The Morgan fingerprint density at radius 1 is 1.00 bits per heavy atom. The van der Waals surface area contributed by atoms with Gasteiger partial charge in [-0.2, -0.15) is 5.10 Å². The topological polar surface area (TPSA) is 67.2 Å². The molecule has 1 N–H and O–H groups in total. The Bertz CT molecular complexity index is 835. The number of aromatic nitrogens is 2. The van der Waals surface area contributed by atoms with Gasteiger partial charge in [0.2, 0.25) is 11.8 Å². The summed E-state index contributed by atoms with van der Waals surface area (Å²) in [5.41, 5.74) is 3.21. The zero-order chi connectivity index (χ0) is 21.6. The first-order valence-corrected chi connectivity index (χ1v) is 11.0. The van der Waals surface area contributed by atoms with Gasteiger partial charge >= 0.3 is 0 Å². The van der Waals surface area contributed by atoms with Crippen molar-refractivity contribution in [3.05, 3.63) is 29.5 Å². The number of amides is 2. The minimum Gasteiger partial charge on any atom is -0.306 e. The maximum atomic E-state index is 12.2. The third-order valence-electron chi connectivity index (χ3n) is 5.66. The average Bonchev–Trinajstić information content (AvgIpc) is 3.07. The fourth-order valence-corrected chi connectivity index (χ4v) is 4.11. The molecule has 0 saturated carbocycles. The van der Waals surface area contributed by atoms with Gasteiger partial charge in [0.25, 0.3) is 0 Å². The first-order chi connectivity index (χ1) is 14.0. The molecular formula is C23H36N4O2. The van der Waals surface area contributed by atoms with Crippen LogP contribution in [0.2, 0.25) is 0 Å². The summed E-state index contributed by atoms with van der Waals surface area (Å²) in [5.74, 6) is -0.160. The number of nitrogens with one attached hydrogen (secondary N) is 1. The second-order valence-corrected chi connectivity index (χ2v) is 7.37. The Morgan fingerprint density at radius 3 is 2.28 bits per heavy atom. The van der Waals surface area contributed by atoms with Crippen molar-refractivity contribution in [2.45, 2.75) is 65.2 Å². The van der Waals surface area contributed by atoms with Gasteiger partial charge in [-0.15, -0.1) is 0 Å². The van der Waals surface area contributed by atoms with Crippen LogP contribution in [0.5, 0.6) is 0 Å². The molecule has 2 saturated heterocycles. The number of likely N-dealkylation sites (tertiary alicyclic amines) is 1. The molecule has 6 heteroatoms. The number of hydrogen-bond acceptors (Lipinski definition) is 4. The molecule has 0 spiro atoms. The zero-order valence-electron chi connectivity index (χ0n) is 18.8. The Labute approximate surface area is 174 Å². The molecule has 4 rings (SSSR count). The molecule has 2 fully saturated rings. The smallest absolute Gasteiger partial charge is 0.235 e. The standard InChI is InChI=1S/C19H24N4O2.2C2H6/c1-22-9-7-12(8-10-22)13-3-4-14-16(11-13)23(2)21-18(14)15-5-6-17(24)20-19(15)25;2*1-2/h3-4,11-12,15H,5-10H2,1-2H3,(H,20,24,25);2*1-2H3. The van der Waals surface area contributed by atoms with E-state index in [0.717, 1.165) is 29.7 Å². The minimum atomic E-state index is -0.337. The lowest BCUT2D eigenvalue weighted by atomic mass is 9.88. The van der Waals surface area contributed by atoms with Crippen molar-refractivity contribution in [1.29, 1.82) is 0 Å². The number of carbonyl (C=O) groups excluding carboxylic acids is 2. The molecule has 1 unspecified atom stereocenters. The number of imide groups is 1. The van der Waals surface area contributed by atoms with Crippen LogP contribution in [0.25, 0.3) is 10.9 Å². The molecule has 6 nitrogen and oxygen atoms in total. The molecule has 0 aliphatic carbocycles. The SMILES string of the molecule is CC.CC.CN1CCC(c2ccc3c(C4CCC(=O)NC4=O)nn(C)c3c2)CC1. The summed E-state index contributed by atoms with van der Waals surface area (Å²) in [6, 6.07) is 6.53. The van der Waals surface area contributed by atoms with Crippen LogP contribution in [0.15, 0.2) is 18.2 Å². The molecule has 1 aromatic carbocycles. The predicted molar refractivity (Wildman–Crippen MR) is 118 cm³/mol. The van der Waals surface area contributed by atoms with Gasteiger partial charge in [-0.25, -0.2) is 0 Å². The molecule has 160 valence electrons. The molecule has 3 heterocycles. The van der Waals surface area contributed by atoms with Crippen molar-refractivity contribution in [2.24, 2.45) is 7.05 Å². The molecule has 2 aliphatic heterocycles. The number of rotatable bonds is 2. The van der Waals surface area contributed by atoms with E-state index in [-0.39, 0.29) is 17.7 Å². The van der Waals surface area contributed by atoms with E-state index >= 15 is 0 Å². The average molecular weight is 401 g/mol. The van der Waals surface area contributed by atoms with Crippen molar-refractivity contribution < 1.29 is 9.59 Å². The number of benzene rings is 1. The summed E-state index contributed by atoms with van der Waals surface area (Å²) in [6.07, 6.45) is 3.27. The number of nitrogens with zero attached hydrogens (tertiary/aromatic N) is 3. The van der Waals surface area contributed by atoms with E-state index in [9.17, 15) is 9.59 Å². The van der Waals surface area contributed by atoms with E-state index in [1.165, 1.54) is 18.4 Å². The van der Waals surface area contributed by atoms with Gasteiger partial charge in [-0.05, 0) is 56.9 Å². The summed E-state index contributed by atoms with van der Waals surface area (Å²) in [6.45, 7) is 10.3.